The quantitative estimate of drug-likeness (QED) is 0.732. The lowest BCUT2D eigenvalue weighted by Crippen LogP contribution is -2.03. The topological polar surface area (TPSA) is 48.1 Å². The van der Waals surface area contributed by atoms with E-state index in [1.54, 1.807) is 6.20 Å². The van der Waals surface area contributed by atoms with Crippen molar-refractivity contribution >= 4 is 30.0 Å². The second-order valence-corrected chi connectivity index (χ2v) is 5.64. The van der Waals surface area contributed by atoms with Gasteiger partial charge in [0.05, 0.1) is 0 Å². The number of rotatable bonds is 3. The number of nitrogens with zero attached hydrogens (tertiary/aromatic N) is 1. The zero-order valence-corrected chi connectivity index (χ0v) is 14.1. The minimum absolute atomic E-state index is 0. The van der Waals surface area contributed by atoms with Crippen molar-refractivity contribution in [3.63, 3.8) is 0 Å². The Hall–Kier alpha value is -2.72. The molecule has 0 saturated carbocycles. The summed E-state index contributed by atoms with van der Waals surface area (Å²) in [4.78, 5) is 4.12. The van der Waals surface area contributed by atoms with E-state index in [-0.39, 0.29) is 13.5 Å². The number of nitrogens with two attached hydrogens (primary N) is 1. The van der Waals surface area contributed by atoms with Crippen molar-refractivity contribution in [1.82, 2.24) is 4.98 Å². The van der Waals surface area contributed by atoms with E-state index in [1.165, 1.54) is 5.56 Å². The van der Waals surface area contributed by atoms with Gasteiger partial charge in [0.2, 0.25) is 0 Å². The van der Waals surface area contributed by atoms with Gasteiger partial charge in [0.25, 0.3) is 0 Å². The molecule has 3 aromatic rings. The van der Waals surface area contributed by atoms with Crippen LogP contribution in [0.1, 0.15) is 11.1 Å². The van der Waals surface area contributed by atoms with Gasteiger partial charge in [0, 0.05) is 41.0 Å². The lowest BCUT2D eigenvalue weighted by Gasteiger charge is -2.11. The van der Waals surface area contributed by atoms with E-state index in [0.717, 1.165) is 39.8 Å². The SMILES string of the molecule is C=C(Oc1ccc2cnccc2c1)C1=C(N)c2ccccc2C1.S. The summed E-state index contributed by atoms with van der Waals surface area (Å²) in [5, 5.41) is 2.17. The Labute approximate surface area is 147 Å². The van der Waals surface area contributed by atoms with Crippen LogP contribution >= 0.6 is 13.5 Å². The van der Waals surface area contributed by atoms with Crippen LogP contribution in [-0.2, 0) is 6.42 Å². The molecule has 0 unspecified atom stereocenters. The highest BCUT2D eigenvalue weighted by Gasteiger charge is 2.21. The van der Waals surface area contributed by atoms with Gasteiger partial charge in [-0.15, -0.1) is 0 Å². The number of benzene rings is 2. The average molecular weight is 334 g/mol. The highest BCUT2D eigenvalue weighted by atomic mass is 32.1. The van der Waals surface area contributed by atoms with Crippen LogP contribution in [0.4, 0.5) is 0 Å². The first-order chi connectivity index (χ1) is 11.2. The summed E-state index contributed by atoms with van der Waals surface area (Å²) >= 11 is 0. The molecule has 4 heteroatoms. The molecule has 1 aliphatic rings. The third-order valence-corrected chi connectivity index (χ3v) is 4.19. The van der Waals surface area contributed by atoms with Gasteiger partial charge in [0.1, 0.15) is 11.5 Å². The van der Waals surface area contributed by atoms with Gasteiger partial charge in [-0.3, -0.25) is 4.98 Å². The first-order valence-corrected chi connectivity index (χ1v) is 7.50. The highest BCUT2D eigenvalue weighted by molar-refractivity contribution is 7.59. The predicted molar refractivity (Wildman–Crippen MR) is 103 cm³/mol. The Morgan fingerprint density at radius 2 is 1.92 bits per heavy atom. The molecule has 0 radical (unpaired) electrons. The molecule has 2 aromatic carbocycles. The number of allylic oxidation sites excluding steroid dienone is 1. The molecule has 1 heterocycles. The summed E-state index contributed by atoms with van der Waals surface area (Å²) in [6, 6.07) is 16.0. The lowest BCUT2D eigenvalue weighted by atomic mass is 10.1. The Morgan fingerprint density at radius 3 is 2.75 bits per heavy atom. The van der Waals surface area contributed by atoms with Crippen molar-refractivity contribution in [3.8, 4) is 5.75 Å². The summed E-state index contributed by atoms with van der Waals surface area (Å²) < 4.78 is 5.96. The van der Waals surface area contributed by atoms with Gasteiger partial charge in [-0.2, -0.15) is 13.5 Å². The number of hydrogen-bond donors (Lipinski definition) is 1. The maximum Gasteiger partial charge on any atom is 0.128 e. The standard InChI is InChI=1S/C20H16N2O.H2S/c1-13(19-11-15-4-2-3-5-18(15)20(19)21)23-17-7-6-16-12-22-9-8-14(16)10-17;/h2-10,12H,1,11,21H2;1H2. The minimum atomic E-state index is 0. The number of ether oxygens (including phenoxy) is 1. The fourth-order valence-corrected chi connectivity index (χ4v) is 2.96. The molecule has 1 aromatic heterocycles. The number of aromatic nitrogens is 1. The van der Waals surface area contributed by atoms with Crippen LogP contribution in [0.2, 0.25) is 0 Å². The van der Waals surface area contributed by atoms with Gasteiger partial charge >= 0.3 is 0 Å². The molecule has 0 fully saturated rings. The van der Waals surface area contributed by atoms with E-state index < -0.39 is 0 Å². The summed E-state index contributed by atoms with van der Waals surface area (Å²) in [5.41, 5.74) is 10.3. The van der Waals surface area contributed by atoms with Gasteiger partial charge < -0.3 is 10.5 Å². The molecule has 4 rings (SSSR count). The van der Waals surface area contributed by atoms with Crippen LogP contribution in [0.15, 0.2) is 78.8 Å². The zero-order chi connectivity index (χ0) is 15.8. The van der Waals surface area contributed by atoms with Crippen molar-refractivity contribution in [1.29, 1.82) is 0 Å². The van der Waals surface area contributed by atoms with E-state index in [4.69, 9.17) is 10.5 Å². The smallest absolute Gasteiger partial charge is 0.128 e. The third kappa shape index (κ3) is 2.76. The molecule has 0 saturated heterocycles. The maximum atomic E-state index is 6.27. The van der Waals surface area contributed by atoms with Crippen molar-refractivity contribution in [3.05, 3.63) is 90.0 Å². The Kier molecular flexibility index (Phi) is 4.32. The third-order valence-electron chi connectivity index (χ3n) is 4.19. The second-order valence-electron chi connectivity index (χ2n) is 5.64. The number of hydrogen-bond acceptors (Lipinski definition) is 3. The Bertz CT molecular complexity index is 963. The molecule has 1 aliphatic carbocycles. The van der Waals surface area contributed by atoms with Gasteiger partial charge in [-0.1, -0.05) is 30.8 Å². The highest BCUT2D eigenvalue weighted by Crippen LogP contribution is 2.34. The fraction of sp³-hybridized carbons (Fsp3) is 0.0500. The normalized spacial score (nSPS) is 12.7. The van der Waals surface area contributed by atoms with Crippen LogP contribution in [-0.4, -0.2) is 4.98 Å². The van der Waals surface area contributed by atoms with E-state index in [9.17, 15) is 0 Å². The van der Waals surface area contributed by atoms with Crippen molar-refractivity contribution in [2.24, 2.45) is 5.73 Å². The summed E-state index contributed by atoms with van der Waals surface area (Å²) in [5.74, 6) is 1.36. The van der Waals surface area contributed by atoms with Crippen LogP contribution in [0.3, 0.4) is 0 Å². The van der Waals surface area contributed by atoms with Crippen molar-refractivity contribution in [2.75, 3.05) is 0 Å². The average Bonchev–Trinajstić information content (AvgIpc) is 2.92. The monoisotopic (exact) mass is 334 g/mol. The Balaban J connectivity index is 0.00000169. The first-order valence-electron chi connectivity index (χ1n) is 7.50. The molecule has 0 atom stereocenters. The van der Waals surface area contributed by atoms with E-state index in [2.05, 4.69) is 17.6 Å². The largest absolute Gasteiger partial charge is 0.458 e. The Morgan fingerprint density at radius 1 is 1.08 bits per heavy atom. The molecule has 0 aliphatic heterocycles. The number of pyridine rings is 1. The molecule has 24 heavy (non-hydrogen) atoms. The molecule has 0 spiro atoms. The van der Waals surface area contributed by atoms with Gasteiger partial charge in [0.15, 0.2) is 0 Å². The molecule has 120 valence electrons. The van der Waals surface area contributed by atoms with E-state index in [1.807, 2.05) is 48.7 Å². The molecular formula is C20H18N2OS. The molecule has 0 bridgehead atoms. The first kappa shape index (κ1) is 16.1. The maximum absolute atomic E-state index is 6.27. The van der Waals surface area contributed by atoms with Crippen molar-refractivity contribution in [2.45, 2.75) is 6.42 Å². The summed E-state index contributed by atoms with van der Waals surface area (Å²) in [6.07, 6.45) is 4.37. The fourth-order valence-electron chi connectivity index (χ4n) is 2.96. The lowest BCUT2D eigenvalue weighted by molar-refractivity contribution is 0.438. The zero-order valence-electron chi connectivity index (χ0n) is 13.1. The summed E-state index contributed by atoms with van der Waals surface area (Å²) in [6.45, 7) is 4.07. The minimum Gasteiger partial charge on any atom is -0.458 e. The van der Waals surface area contributed by atoms with Crippen LogP contribution in [0.5, 0.6) is 5.75 Å². The van der Waals surface area contributed by atoms with Gasteiger partial charge in [-0.05, 0) is 35.2 Å². The predicted octanol–water partition coefficient (Wildman–Crippen LogP) is 4.17. The molecular weight excluding hydrogens is 316 g/mol. The second kappa shape index (κ2) is 6.42. The molecule has 0 amide bonds. The van der Waals surface area contributed by atoms with Crippen molar-refractivity contribution < 1.29 is 4.74 Å². The van der Waals surface area contributed by atoms with Crippen LogP contribution < -0.4 is 10.5 Å². The summed E-state index contributed by atoms with van der Waals surface area (Å²) in [7, 11) is 0. The van der Waals surface area contributed by atoms with Crippen LogP contribution in [0.25, 0.3) is 16.5 Å². The van der Waals surface area contributed by atoms with E-state index in [0.29, 0.717) is 5.76 Å². The van der Waals surface area contributed by atoms with E-state index >= 15 is 0 Å². The molecule has 2 N–H and O–H groups in total. The number of fused-ring (bicyclic) bond motifs is 2. The van der Waals surface area contributed by atoms with Gasteiger partial charge in [-0.25, -0.2) is 0 Å². The molecule has 3 nitrogen and oxygen atoms in total. The van der Waals surface area contributed by atoms with Crippen LogP contribution in [0, 0.1) is 0 Å².